The Morgan fingerprint density at radius 3 is 2.76 bits per heavy atom. The second-order valence-corrected chi connectivity index (χ2v) is 4.28. The van der Waals surface area contributed by atoms with Gasteiger partial charge in [0.1, 0.15) is 16.9 Å². The number of carbonyl (C=O) groups excluding carboxylic acids is 1. The summed E-state index contributed by atoms with van der Waals surface area (Å²) >= 11 is 0. The number of nitrogens with zero attached hydrogens (tertiary/aromatic N) is 3. The van der Waals surface area contributed by atoms with Gasteiger partial charge in [-0.05, 0) is 41.6 Å². The highest BCUT2D eigenvalue weighted by Crippen LogP contribution is 2.09. The Balaban J connectivity index is 1.62. The lowest BCUT2D eigenvalue weighted by molar-refractivity contribution is -0.121. The average molecular weight is 286 g/mol. The van der Waals surface area contributed by atoms with E-state index in [1.807, 2.05) is 12.1 Å². The minimum absolute atomic E-state index is 0.231. The Labute approximate surface area is 119 Å². The van der Waals surface area contributed by atoms with Crippen LogP contribution in [-0.4, -0.2) is 27.7 Å². The number of amides is 1. The number of carbonyl (C=O) groups is 1. The Morgan fingerprint density at radius 2 is 1.95 bits per heavy atom. The highest BCUT2D eigenvalue weighted by atomic mass is 19.1. The predicted molar refractivity (Wildman–Crippen MR) is 74.0 cm³/mol. The second-order valence-electron chi connectivity index (χ2n) is 4.28. The molecule has 0 saturated heterocycles. The second kappa shape index (κ2) is 5.58. The molecule has 3 aromatic rings. The van der Waals surface area contributed by atoms with Crippen molar-refractivity contribution in [2.45, 2.75) is 0 Å². The first-order valence-electron chi connectivity index (χ1n) is 6.21. The van der Waals surface area contributed by atoms with Crippen molar-refractivity contribution >= 4 is 22.6 Å². The minimum atomic E-state index is -0.374. The van der Waals surface area contributed by atoms with Gasteiger partial charge in [-0.1, -0.05) is 17.0 Å². The lowest BCUT2D eigenvalue weighted by Crippen LogP contribution is -2.26. The van der Waals surface area contributed by atoms with Crippen LogP contribution in [0.2, 0.25) is 0 Å². The fourth-order valence-corrected chi connectivity index (χ4v) is 1.79. The maximum atomic E-state index is 12.8. The Hall–Kier alpha value is -2.96. The van der Waals surface area contributed by atoms with E-state index in [9.17, 15) is 9.18 Å². The molecule has 0 atom stereocenters. The first-order chi connectivity index (χ1) is 10.2. The highest BCUT2D eigenvalue weighted by molar-refractivity contribution is 5.91. The van der Waals surface area contributed by atoms with E-state index in [2.05, 4.69) is 15.6 Å². The van der Waals surface area contributed by atoms with Crippen molar-refractivity contribution in [1.82, 2.24) is 15.2 Å². The first kappa shape index (κ1) is 13.0. The van der Waals surface area contributed by atoms with Crippen LogP contribution < -0.4 is 10.2 Å². The molecule has 6 nitrogen and oxygen atoms in total. The van der Waals surface area contributed by atoms with E-state index in [1.54, 1.807) is 12.1 Å². The molecule has 2 aromatic carbocycles. The normalized spacial score (nSPS) is 10.5. The third kappa shape index (κ3) is 2.97. The van der Waals surface area contributed by atoms with Crippen LogP contribution in [0.25, 0.3) is 11.0 Å². The van der Waals surface area contributed by atoms with Crippen molar-refractivity contribution in [2.24, 2.45) is 0 Å². The van der Waals surface area contributed by atoms with E-state index in [4.69, 9.17) is 4.84 Å². The number of rotatable bonds is 4. The van der Waals surface area contributed by atoms with Crippen molar-refractivity contribution in [2.75, 3.05) is 11.9 Å². The Kier molecular flexibility index (Phi) is 3.46. The van der Waals surface area contributed by atoms with Gasteiger partial charge >= 0.3 is 0 Å². The third-order valence-electron chi connectivity index (χ3n) is 2.77. The van der Waals surface area contributed by atoms with Crippen molar-refractivity contribution in [3.05, 3.63) is 54.3 Å². The maximum absolute atomic E-state index is 12.8. The van der Waals surface area contributed by atoms with Crippen molar-refractivity contribution < 1.29 is 14.0 Å². The summed E-state index contributed by atoms with van der Waals surface area (Å²) in [6.07, 6.45) is 0. The zero-order valence-corrected chi connectivity index (χ0v) is 10.9. The van der Waals surface area contributed by atoms with Gasteiger partial charge in [-0.25, -0.2) is 4.39 Å². The average Bonchev–Trinajstić information content (AvgIpc) is 2.91. The summed E-state index contributed by atoms with van der Waals surface area (Å²) in [7, 11) is 0. The molecule has 0 aliphatic heterocycles. The van der Waals surface area contributed by atoms with Crippen LogP contribution in [0.15, 0.2) is 48.5 Å². The summed E-state index contributed by atoms with van der Waals surface area (Å²) in [5.74, 6) is -0.737. The standard InChI is InChI=1S/C14H11FN4O2/c15-10-5-7-11(8-6-10)16-14(20)9-21-19-13-4-2-1-3-12(13)17-18-19/h1-8H,9H2,(H,16,20). The van der Waals surface area contributed by atoms with Crippen molar-refractivity contribution in [3.8, 4) is 0 Å². The molecule has 0 spiro atoms. The van der Waals surface area contributed by atoms with Crippen LogP contribution in [0.1, 0.15) is 0 Å². The number of aromatic nitrogens is 3. The van der Waals surface area contributed by atoms with E-state index in [0.29, 0.717) is 16.7 Å². The number of anilines is 1. The maximum Gasteiger partial charge on any atom is 0.265 e. The lowest BCUT2D eigenvalue weighted by Gasteiger charge is -2.06. The zero-order chi connectivity index (χ0) is 14.7. The molecule has 3 rings (SSSR count). The molecule has 106 valence electrons. The number of fused-ring (bicyclic) bond motifs is 1. The number of hydrogen-bond acceptors (Lipinski definition) is 4. The summed E-state index contributed by atoms with van der Waals surface area (Å²) in [4.78, 5) is 18.2. The molecule has 1 aromatic heterocycles. The molecular formula is C14H11FN4O2. The topological polar surface area (TPSA) is 69.0 Å². The van der Waals surface area contributed by atoms with Gasteiger partial charge in [0.05, 0.1) is 0 Å². The molecule has 0 fully saturated rings. The van der Waals surface area contributed by atoms with Gasteiger partial charge < -0.3 is 10.2 Å². The summed E-state index contributed by atoms with van der Waals surface area (Å²) in [5, 5.41) is 10.3. The molecular weight excluding hydrogens is 275 g/mol. The fourth-order valence-electron chi connectivity index (χ4n) is 1.79. The molecule has 1 amide bonds. The van der Waals surface area contributed by atoms with Crippen LogP contribution in [0, 0.1) is 5.82 Å². The number of benzene rings is 2. The molecule has 0 saturated carbocycles. The Morgan fingerprint density at radius 1 is 1.19 bits per heavy atom. The largest absolute Gasteiger partial charge is 0.385 e. The lowest BCUT2D eigenvalue weighted by atomic mass is 10.3. The molecule has 0 bridgehead atoms. The first-order valence-corrected chi connectivity index (χ1v) is 6.21. The number of para-hydroxylation sites is 1. The smallest absolute Gasteiger partial charge is 0.265 e. The van der Waals surface area contributed by atoms with Crippen LogP contribution in [-0.2, 0) is 4.79 Å². The molecule has 0 unspecified atom stereocenters. The highest BCUT2D eigenvalue weighted by Gasteiger charge is 2.07. The van der Waals surface area contributed by atoms with Crippen molar-refractivity contribution in [1.29, 1.82) is 0 Å². The van der Waals surface area contributed by atoms with Gasteiger partial charge in [0.2, 0.25) is 0 Å². The van der Waals surface area contributed by atoms with E-state index >= 15 is 0 Å². The fraction of sp³-hybridized carbons (Fsp3) is 0.0714. The number of hydrogen-bond donors (Lipinski definition) is 1. The van der Waals surface area contributed by atoms with E-state index in [1.165, 1.54) is 29.1 Å². The molecule has 1 N–H and O–H groups in total. The van der Waals surface area contributed by atoms with Crippen LogP contribution >= 0.6 is 0 Å². The van der Waals surface area contributed by atoms with Crippen LogP contribution in [0.4, 0.5) is 10.1 Å². The number of nitrogens with one attached hydrogen (secondary N) is 1. The summed E-state index contributed by atoms with van der Waals surface area (Å²) < 4.78 is 12.8. The van der Waals surface area contributed by atoms with Crippen LogP contribution in [0.3, 0.4) is 0 Å². The minimum Gasteiger partial charge on any atom is -0.385 e. The Bertz CT molecular complexity index is 770. The molecule has 7 heteroatoms. The molecule has 0 aliphatic carbocycles. The summed E-state index contributed by atoms with van der Waals surface area (Å²) in [6, 6.07) is 12.7. The monoisotopic (exact) mass is 286 g/mol. The number of halogens is 1. The van der Waals surface area contributed by atoms with E-state index in [0.717, 1.165) is 0 Å². The van der Waals surface area contributed by atoms with Gasteiger partial charge in [0, 0.05) is 5.69 Å². The van der Waals surface area contributed by atoms with E-state index in [-0.39, 0.29) is 18.3 Å². The van der Waals surface area contributed by atoms with Gasteiger partial charge in [-0.2, -0.15) is 0 Å². The molecule has 0 aliphatic rings. The summed E-state index contributed by atoms with van der Waals surface area (Å²) in [6.45, 7) is -0.231. The van der Waals surface area contributed by atoms with Gasteiger partial charge in [-0.3, -0.25) is 4.79 Å². The van der Waals surface area contributed by atoms with Gasteiger partial charge in [0.15, 0.2) is 6.61 Å². The van der Waals surface area contributed by atoms with Gasteiger partial charge in [-0.15, -0.1) is 5.10 Å². The quantitative estimate of drug-likeness (QED) is 0.791. The van der Waals surface area contributed by atoms with Gasteiger partial charge in [0.25, 0.3) is 5.91 Å². The molecule has 21 heavy (non-hydrogen) atoms. The summed E-state index contributed by atoms with van der Waals surface area (Å²) in [5.41, 5.74) is 1.84. The predicted octanol–water partition coefficient (Wildman–Crippen LogP) is 1.64. The van der Waals surface area contributed by atoms with E-state index < -0.39 is 0 Å². The third-order valence-corrected chi connectivity index (χ3v) is 2.77. The molecule has 1 heterocycles. The van der Waals surface area contributed by atoms with Crippen molar-refractivity contribution in [3.63, 3.8) is 0 Å². The van der Waals surface area contributed by atoms with Crippen LogP contribution in [0.5, 0.6) is 0 Å². The molecule has 0 radical (unpaired) electrons. The zero-order valence-electron chi connectivity index (χ0n) is 10.9. The SMILES string of the molecule is O=C(COn1nnc2ccccc21)Nc1ccc(F)cc1.